The van der Waals surface area contributed by atoms with Gasteiger partial charge in [0.25, 0.3) is 0 Å². The molecular weight excluding hydrogens is 290 g/mol. The number of hydrogen-bond donors (Lipinski definition) is 1. The van der Waals surface area contributed by atoms with E-state index in [0.29, 0.717) is 6.04 Å². The number of rotatable bonds is 2. The minimum Gasteiger partial charge on any atom is -0.332 e. The fraction of sp³-hybridized carbons (Fsp3) is 0.500. The van der Waals surface area contributed by atoms with Gasteiger partial charge in [-0.3, -0.25) is 0 Å². The Hall–Kier alpha value is -0.870. The van der Waals surface area contributed by atoms with Gasteiger partial charge in [-0.2, -0.15) is 0 Å². The Balaban J connectivity index is 2.19. The summed E-state index contributed by atoms with van der Waals surface area (Å²) in [6, 6.07) is 2.89. The van der Waals surface area contributed by atoms with Crippen LogP contribution in [0.4, 0.5) is 0 Å². The summed E-state index contributed by atoms with van der Waals surface area (Å²) < 4.78 is 2.27. The normalized spacial score (nSPS) is 19.2. The third-order valence-electron chi connectivity index (χ3n) is 4.06. The molecule has 0 amide bonds. The molecule has 96 valence electrons. The highest BCUT2D eigenvalue weighted by Gasteiger charge is 2.23. The van der Waals surface area contributed by atoms with E-state index in [-0.39, 0.29) is 0 Å². The highest BCUT2D eigenvalue weighted by Crippen LogP contribution is 2.31. The molecule has 0 radical (unpaired) electrons. The Kier molecular flexibility index (Phi) is 3.16. The van der Waals surface area contributed by atoms with Gasteiger partial charge < -0.3 is 9.88 Å². The summed E-state index contributed by atoms with van der Waals surface area (Å²) in [5.41, 5.74) is 5.34. The Labute approximate surface area is 116 Å². The zero-order chi connectivity index (χ0) is 12.7. The lowest BCUT2D eigenvalue weighted by Gasteiger charge is -2.22. The van der Waals surface area contributed by atoms with Crippen molar-refractivity contribution in [1.82, 2.24) is 14.9 Å². The molecule has 1 N–H and O–H groups in total. The van der Waals surface area contributed by atoms with E-state index >= 15 is 0 Å². The highest BCUT2D eigenvalue weighted by molar-refractivity contribution is 9.08. The lowest BCUT2D eigenvalue weighted by molar-refractivity contribution is 0.488. The maximum atomic E-state index is 4.62. The van der Waals surface area contributed by atoms with E-state index in [1.807, 2.05) is 6.20 Å². The Morgan fingerprint density at radius 2 is 2.39 bits per heavy atom. The van der Waals surface area contributed by atoms with Gasteiger partial charge in [0.2, 0.25) is 0 Å². The number of pyridine rings is 1. The third kappa shape index (κ3) is 1.79. The molecule has 0 aromatic carbocycles. The van der Waals surface area contributed by atoms with Crippen molar-refractivity contribution < 1.29 is 0 Å². The number of aromatic nitrogens is 2. The molecular formula is C14H18BrN3. The molecule has 1 aliphatic rings. The van der Waals surface area contributed by atoms with Crippen molar-refractivity contribution in [3.63, 3.8) is 0 Å². The Morgan fingerprint density at radius 3 is 3.11 bits per heavy atom. The van der Waals surface area contributed by atoms with E-state index in [2.05, 4.69) is 51.0 Å². The van der Waals surface area contributed by atoms with Gasteiger partial charge in [0.05, 0.1) is 0 Å². The fourth-order valence-corrected chi connectivity index (χ4v) is 3.31. The second kappa shape index (κ2) is 4.67. The molecule has 2 aromatic heterocycles. The van der Waals surface area contributed by atoms with Gasteiger partial charge in [-0.1, -0.05) is 15.9 Å². The van der Waals surface area contributed by atoms with Crippen LogP contribution in [0.25, 0.3) is 11.0 Å². The summed E-state index contributed by atoms with van der Waals surface area (Å²) in [4.78, 5) is 4.62. The third-order valence-corrected chi connectivity index (χ3v) is 4.71. The van der Waals surface area contributed by atoms with E-state index in [1.165, 1.54) is 28.6 Å². The van der Waals surface area contributed by atoms with Crippen LogP contribution >= 0.6 is 15.9 Å². The molecule has 1 aliphatic carbocycles. The van der Waals surface area contributed by atoms with Gasteiger partial charge in [-0.05, 0) is 43.5 Å². The van der Waals surface area contributed by atoms with Crippen LogP contribution in [0.2, 0.25) is 0 Å². The fourth-order valence-electron chi connectivity index (χ4n) is 3.00. The number of hydrogen-bond acceptors (Lipinski definition) is 2. The van der Waals surface area contributed by atoms with Crippen molar-refractivity contribution >= 4 is 27.0 Å². The van der Waals surface area contributed by atoms with E-state index in [1.54, 1.807) is 0 Å². The molecule has 3 rings (SSSR count). The van der Waals surface area contributed by atoms with Crippen molar-refractivity contribution in [2.24, 2.45) is 7.05 Å². The number of nitrogens with one attached hydrogen (secondary N) is 1. The molecule has 0 fully saturated rings. The van der Waals surface area contributed by atoms with Crippen molar-refractivity contribution in [3.8, 4) is 0 Å². The first-order chi connectivity index (χ1) is 8.74. The van der Waals surface area contributed by atoms with Crippen LogP contribution in [0.15, 0.2) is 12.3 Å². The molecule has 4 heteroatoms. The lowest BCUT2D eigenvalue weighted by Crippen LogP contribution is -2.31. The van der Waals surface area contributed by atoms with Crippen molar-refractivity contribution in [3.05, 3.63) is 29.1 Å². The summed E-state index contributed by atoms with van der Waals surface area (Å²) in [7, 11) is 4.20. The van der Waals surface area contributed by atoms with E-state index in [9.17, 15) is 0 Å². The first-order valence-corrected chi connectivity index (χ1v) is 7.55. The number of likely N-dealkylation sites (N-methyl/N-ethyl adjacent to an activating group) is 1. The number of nitrogens with zero attached hydrogens (tertiary/aromatic N) is 2. The molecule has 0 spiro atoms. The predicted octanol–water partition coefficient (Wildman–Crippen LogP) is 2.54. The number of alkyl halides is 1. The summed E-state index contributed by atoms with van der Waals surface area (Å²) in [6.07, 6.45) is 5.46. The number of halogens is 1. The SMILES string of the molecule is CNC1CCc2c(c3cc(CBr)cnc3n2C)C1. The van der Waals surface area contributed by atoms with Crippen LogP contribution in [-0.2, 0) is 25.2 Å². The Morgan fingerprint density at radius 1 is 1.56 bits per heavy atom. The van der Waals surface area contributed by atoms with Crippen LogP contribution in [0.3, 0.4) is 0 Å². The van der Waals surface area contributed by atoms with Gasteiger partial charge in [-0.15, -0.1) is 0 Å². The van der Waals surface area contributed by atoms with Gasteiger partial charge in [0.1, 0.15) is 5.65 Å². The highest BCUT2D eigenvalue weighted by atomic mass is 79.9. The summed E-state index contributed by atoms with van der Waals surface area (Å²) in [6.45, 7) is 0. The maximum Gasteiger partial charge on any atom is 0.140 e. The van der Waals surface area contributed by atoms with Crippen molar-refractivity contribution in [1.29, 1.82) is 0 Å². The first kappa shape index (κ1) is 12.2. The van der Waals surface area contributed by atoms with Crippen LogP contribution < -0.4 is 5.32 Å². The van der Waals surface area contributed by atoms with Gasteiger partial charge in [0, 0.05) is 35.7 Å². The summed E-state index contributed by atoms with van der Waals surface area (Å²) >= 11 is 3.51. The molecule has 2 aromatic rings. The number of fused-ring (bicyclic) bond motifs is 3. The molecule has 0 saturated heterocycles. The topological polar surface area (TPSA) is 29.9 Å². The summed E-state index contributed by atoms with van der Waals surface area (Å²) in [5, 5.41) is 5.62. The molecule has 1 unspecified atom stereocenters. The first-order valence-electron chi connectivity index (χ1n) is 6.43. The largest absolute Gasteiger partial charge is 0.332 e. The van der Waals surface area contributed by atoms with Crippen molar-refractivity contribution in [2.75, 3.05) is 7.05 Å². The quantitative estimate of drug-likeness (QED) is 0.864. The monoisotopic (exact) mass is 307 g/mol. The molecule has 2 heterocycles. The smallest absolute Gasteiger partial charge is 0.140 e. The van der Waals surface area contributed by atoms with E-state index in [4.69, 9.17) is 0 Å². The molecule has 1 atom stereocenters. The molecule has 3 nitrogen and oxygen atoms in total. The van der Waals surface area contributed by atoms with E-state index in [0.717, 1.165) is 23.8 Å². The van der Waals surface area contributed by atoms with Gasteiger partial charge >= 0.3 is 0 Å². The lowest BCUT2D eigenvalue weighted by atomic mass is 9.91. The van der Waals surface area contributed by atoms with Crippen LogP contribution in [0.5, 0.6) is 0 Å². The van der Waals surface area contributed by atoms with Crippen LogP contribution in [0, 0.1) is 0 Å². The standard InChI is InChI=1S/C14H18BrN3/c1-16-10-3-4-13-11(6-10)12-5-9(7-15)8-17-14(12)18(13)2/h5,8,10,16H,3-4,6-7H2,1-2H3. The van der Waals surface area contributed by atoms with Gasteiger partial charge in [-0.25, -0.2) is 4.98 Å². The van der Waals surface area contributed by atoms with Crippen molar-refractivity contribution in [2.45, 2.75) is 30.6 Å². The molecule has 0 saturated carbocycles. The summed E-state index contributed by atoms with van der Waals surface area (Å²) in [5.74, 6) is 0. The minimum absolute atomic E-state index is 0.607. The van der Waals surface area contributed by atoms with Gasteiger partial charge in [0.15, 0.2) is 0 Å². The predicted molar refractivity (Wildman–Crippen MR) is 78.2 cm³/mol. The average molecular weight is 308 g/mol. The van der Waals surface area contributed by atoms with E-state index < -0.39 is 0 Å². The Bertz CT molecular complexity index is 588. The number of aryl methyl sites for hydroxylation is 1. The minimum atomic E-state index is 0.607. The second-order valence-corrected chi connectivity index (χ2v) is 5.62. The average Bonchev–Trinajstić information content (AvgIpc) is 2.71. The zero-order valence-electron chi connectivity index (χ0n) is 10.8. The van der Waals surface area contributed by atoms with Crippen LogP contribution in [0.1, 0.15) is 23.2 Å². The zero-order valence-corrected chi connectivity index (χ0v) is 12.4. The maximum absolute atomic E-state index is 4.62. The molecule has 0 bridgehead atoms. The molecule has 0 aliphatic heterocycles. The van der Waals surface area contributed by atoms with Crippen LogP contribution in [-0.4, -0.2) is 22.6 Å². The second-order valence-electron chi connectivity index (χ2n) is 5.06. The molecule has 18 heavy (non-hydrogen) atoms.